The van der Waals surface area contributed by atoms with Crippen molar-refractivity contribution >= 4 is 23.2 Å². The average molecular weight is 535 g/mol. The fourth-order valence-corrected chi connectivity index (χ4v) is 5.33. The summed E-state index contributed by atoms with van der Waals surface area (Å²) in [5.41, 5.74) is 4.18. The maximum absolute atomic E-state index is 13.9. The lowest BCUT2D eigenvalue weighted by Crippen LogP contribution is -2.37. The van der Waals surface area contributed by atoms with E-state index in [0.717, 1.165) is 22.4 Å². The topological polar surface area (TPSA) is 68.3 Å². The molecule has 3 unspecified atom stereocenters. The molecule has 2 amide bonds. The van der Waals surface area contributed by atoms with Gasteiger partial charge in [-0.1, -0.05) is 72.3 Å². The number of ether oxygens (including phenoxy) is 2. The molecule has 7 nitrogen and oxygen atoms in total. The third-order valence-electron chi connectivity index (χ3n) is 7.26. The first kappa shape index (κ1) is 25.6. The summed E-state index contributed by atoms with van der Waals surface area (Å²) < 4.78 is 12.1. The highest BCUT2D eigenvalue weighted by atomic mass is 16.7. The van der Waals surface area contributed by atoms with Crippen LogP contribution in [-0.4, -0.2) is 24.5 Å². The van der Waals surface area contributed by atoms with Crippen molar-refractivity contribution < 1.29 is 23.9 Å². The number of hydrogen-bond donors (Lipinski definition) is 0. The zero-order valence-corrected chi connectivity index (χ0v) is 22.4. The van der Waals surface area contributed by atoms with E-state index in [2.05, 4.69) is 0 Å². The van der Waals surface area contributed by atoms with E-state index in [1.807, 2.05) is 105 Å². The zero-order chi connectivity index (χ0) is 27.6. The molecule has 0 spiro atoms. The number of benzene rings is 4. The molecule has 40 heavy (non-hydrogen) atoms. The predicted octanol–water partition coefficient (Wildman–Crippen LogP) is 6.02. The highest BCUT2D eigenvalue weighted by Gasteiger charge is 2.60. The number of amides is 2. The number of anilines is 2. The van der Waals surface area contributed by atoms with Gasteiger partial charge in [0.25, 0.3) is 5.91 Å². The first-order chi connectivity index (χ1) is 19.5. The Morgan fingerprint density at radius 1 is 0.750 bits per heavy atom. The molecule has 2 aliphatic heterocycles. The van der Waals surface area contributed by atoms with Crippen LogP contribution in [0.2, 0.25) is 0 Å². The molecule has 2 saturated heterocycles. The number of carbonyl (C=O) groups is 2. The first-order valence-corrected chi connectivity index (χ1v) is 13.4. The number of nitrogens with zero attached hydrogens (tertiary/aromatic N) is 2. The smallest absolute Gasteiger partial charge is 0.266 e. The Morgan fingerprint density at radius 2 is 1.45 bits per heavy atom. The molecule has 202 valence electrons. The van der Waals surface area contributed by atoms with Gasteiger partial charge in [0, 0.05) is 0 Å². The number of rotatable bonds is 8. The van der Waals surface area contributed by atoms with Gasteiger partial charge in [-0.15, -0.1) is 0 Å². The van der Waals surface area contributed by atoms with Crippen LogP contribution in [-0.2, 0) is 21.0 Å². The van der Waals surface area contributed by atoms with Crippen LogP contribution in [0.3, 0.4) is 0 Å². The van der Waals surface area contributed by atoms with Gasteiger partial charge in [-0.05, 0) is 61.4 Å². The van der Waals surface area contributed by atoms with Gasteiger partial charge in [-0.25, -0.2) is 9.96 Å². The van der Waals surface area contributed by atoms with Crippen molar-refractivity contribution in [1.29, 1.82) is 0 Å². The molecule has 7 heteroatoms. The fourth-order valence-electron chi connectivity index (χ4n) is 5.33. The van der Waals surface area contributed by atoms with Gasteiger partial charge in [0.05, 0.1) is 24.0 Å². The van der Waals surface area contributed by atoms with E-state index in [4.69, 9.17) is 14.3 Å². The second-order valence-corrected chi connectivity index (χ2v) is 9.92. The molecule has 6 rings (SSSR count). The number of para-hydroxylation sites is 1. The number of imide groups is 1. The Hall–Kier alpha value is -4.62. The lowest BCUT2D eigenvalue weighted by atomic mass is 9.90. The lowest BCUT2D eigenvalue weighted by Gasteiger charge is -2.29. The molecule has 0 aromatic heterocycles. The van der Waals surface area contributed by atoms with E-state index in [-0.39, 0.29) is 11.8 Å². The normalized spacial score (nSPS) is 20.1. The fraction of sp³-hybridized carbons (Fsp3) is 0.212. The summed E-state index contributed by atoms with van der Waals surface area (Å²) in [5, 5.41) is 1.69. The molecule has 0 N–H and O–H groups in total. The standard InChI is InChI=1S/C33H30N2O5/c1-3-38-28-20-24(16-19-27(28)39-21-23-10-6-4-7-11-23)30-29-31(40-35(30)26-12-8-5-9-13-26)33(37)34(32(29)36)25-17-14-22(2)15-18-25/h4-20,29-31H,3,21H2,1-2H3. The minimum Gasteiger partial charge on any atom is -0.490 e. The Balaban J connectivity index is 1.37. The van der Waals surface area contributed by atoms with Crippen LogP contribution in [0.1, 0.15) is 29.7 Å². The summed E-state index contributed by atoms with van der Waals surface area (Å²) in [6.45, 7) is 4.72. The minimum atomic E-state index is -0.941. The van der Waals surface area contributed by atoms with Gasteiger partial charge < -0.3 is 9.47 Å². The van der Waals surface area contributed by atoms with Crippen LogP contribution in [0.4, 0.5) is 11.4 Å². The Morgan fingerprint density at radius 3 is 2.15 bits per heavy atom. The van der Waals surface area contributed by atoms with Crippen LogP contribution in [0.15, 0.2) is 103 Å². The summed E-state index contributed by atoms with van der Waals surface area (Å²) in [5.74, 6) is -0.217. The van der Waals surface area contributed by atoms with Crippen molar-refractivity contribution in [1.82, 2.24) is 0 Å². The van der Waals surface area contributed by atoms with Gasteiger partial charge in [0.1, 0.15) is 12.5 Å². The molecule has 3 atom stereocenters. The van der Waals surface area contributed by atoms with Crippen molar-refractivity contribution in [3.63, 3.8) is 0 Å². The summed E-state index contributed by atoms with van der Waals surface area (Å²) in [7, 11) is 0. The van der Waals surface area contributed by atoms with Crippen LogP contribution >= 0.6 is 0 Å². The molecule has 4 aromatic carbocycles. The SMILES string of the molecule is CCOc1cc(C2C3C(=O)N(c4ccc(C)cc4)C(=O)C3ON2c2ccccc2)ccc1OCc1ccccc1. The van der Waals surface area contributed by atoms with Crippen molar-refractivity contribution in [2.24, 2.45) is 5.92 Å². The lowest BCUT2D eigenvalue weighted by molar-refractivity contribution is -0.126. The molecule has 2 fully saturated rings. The highest BCUT2D eigenvalue weighted by Crippen LogP contribution is 2.48. The summed E-state index contributed by atoms with van der Waals surface area (Å²) >= 11 is 0. The van der Waals surface area contributed by atoms with Gasteiger partial charge in [0.2, 0.25) is 5.91 Å². The summed E-state index contributed by atoms with van der Waals surface area (Å²) in [6, 6.07) is 31.9. The average Bonchev–Trinajstić information content (AvgIpc) is 3.49. The molecule has 2 aliphatic rings. The van der Waals surface area contributed by atoms with E-state index in [9.17, 15) is 9.59 Å². The van der Waals surface area contributed by atoms with E-state index < -0.39 is 18.1 Å². The molecule has 2 heterocycles. The van der Waals surface area contributed by atoms with E-state index in [1.54, 1.807) is 17.2 Å². The molecule has 0 bridgehead atoms. The van der Waals surface area contributed by atoms with Crippen LogP contribution < -0.4 is 19.4 Å². The largest absolute Gasteiger partial charge is 0.490 e. The van der Waals surface area contributed by atoms with E-state index >= 15 is 0 Å². The third-order valence-corrected chi connectivity index (χ3v) is 7.26. The number of aryl methyl sites for hydroxylation is 1. The molecule has 0 radical (unpaired) electrons. The van der Waals surface area contributed by atoms with Crippen molar-refractivity contribution in [2.45, 2.75) is 32.6 Å². The van der Waals surface area contributed by atoms with Gasteiger partial charge in [-0.2, -0.15) is 0 Å². The van der Waals surface area contributed by atoms with Crippen LogP contribution in [0.25, 0.3) is 0 Å². The first-order valence-electron chi connectivity index (χ1n) is 13.4. The molecule has 0 aliphatic carbocycles. The van der Waals surface area contributed by atoms with Crippen LogP contribution in [0.5, 0.6) is 11.5 Å². The van der Waals surface area contributed by atoms with E-state index in [1.165, 1.54) is 4.90 Å². The Bertz CT molecular complexity index is 1510. The van der Waals surface area contributed by atoms with Crippen molar-refractivity contribution in [2.75, 3.05) is 16.6 Å². The summed E-state index contributed by atoms with van der Waals surface area (Å²) in [6.07, 6.45) is -0.941. The van der Waals surface area contributed by atoms with Gasteiger partial charge >= 0.3 is 0 Å². The quantitative estimate of drug-likeness (QED) is 0.258. The minimum absolute atomic E-state index is 0.287. The van der Waals surface area contributed by atoms with Crippen molar-refractivity contribution in [3.8, 4) is 11.5 Å². The number of fused-ring (bicyclic) bond motifs is 1. The predicted molar refractivity (Wildman–Crippen MR) is 152 cm³/mol. The molecule has 4 aromatic rings. The second-order valence-electron chi connectivity index (χ2n) is 9.92. The third kappa shape index (κ3) is 4.69. The molecule has 0 saturated carbocycles. The summed E-state index contributed by atoms with van der Waals surface area (Å²) in [4.78, 5) is 35.0. The van der Waals surface area contributed by atoms with Crippen molar-refractivity contribution in [3.05, 3.63) is 120 Å². The number of hydrogen-bond acceptors (Lipinski definition) is 6. The molecular formula is C33H30N2O5. The van der Waals surface area contributed by atoms with Gasteiger partial charge in [-0.3, -0.25) is 14.4 Å². The monoisotopic (exact) mass is 534 g/mol. The molecular weight excluding hydrogens is 504 g/mol. The highest BCUT2D eigenvalue weighted by molar-refractivity contribution is 6.23. The maximum atomic E-state index is 13.9. The van der Waals surface area contributed by atoms with E-state index in [0.29, 0.717) is 30.4 Å². The Kier molecular flexibility index (Phi) is 6.97. The van der Waals surface area contributed by atoms with Gasteiger partial charge in [0.15, 0.2) is 17.6 Å². The zero-order valence-electron chi connectivity index (χ0n) is 22.4. The second kappa shape index (κ2) is 10.9. The number of carbonyl (C=O) groups excluding carboxylic acids is 2. The number of hydroxylamine groups is 1. The Labute approximate surface area is 233 Å². The maximum Gasteiger partial charge on any atom is 0.266 e. The van der Waals surface area contributed by atoms with Crippen LogP contribution in [0, 0.1) is 12.8 Å².